The highest BCUT2D eigenvalue weighted by Gasteiger charge is 2.23. The van der Waals surface area contributed by atoms with Crippen molar-refractivity contribution in [3.05, 3.63) is 62.7 Å². The fourth-order valence-corrected chi connectivity index (χ4v) is 2.80. The van der Waals surface area contributed by atoms with Crippen LogP contribution in [0.2, 0.25) is 0 Å². The van der Waals surface area contributed by atoms with E-state index in [0.717, 1.165) is 12.5 Å². The van der Waals surface area contributed by atoms with Gasteiger partial charge in [0.25, 0.3) is 0 Å². The molecule has 0 atom stereocenters. The van der Waals surface area contributed by atoms with E-state index in [1.807, 2.05) is 0 Å². The fourth-order valence-electron chi connectivity index (χ4n) is 2.28. The Labute approximate surface area is 128 Å². The van der Waals surface area contributed by atoms with Crippen LogP contribution in [-0.4, -0.2) is 0 Å². The van der Waals surface area contributed by atoms with Gasteiger partial charge in [-0.15, -0.1) is 0 Å². The van der Waals surface area contributed by atoms with E-state index >= 15 is 0 Å². The van der Waals surface area contributed by atoms with Crippen molar-refractivity contribution in [3.63, 3.8) is 0 Å². The summed E-state index contributed by atoms with van der Waals surface area (Å²) in [5, 5.41) is 3.51. The molecule has 0 saturated heterocycles. The number of hydrogen-bond acceptors (Lipinski definition) is 1. The lowest BCUT2D eigenvalue weighted by Gasteiger charge is -2.09. The summed E-state index contributed by atoms with van der Waals surface area (Å²) in [6, 6.07) is 15.5. The molecule has 1 aliphatic rings. The molecular weight excluding hydrogens is 345 g/mol. The van der Waals surface area contributed by atoms with Crippen molar-refractivity contribution >= 4 is 28.3 Å². The van der Waals surface area contributed by atoms with E-state index in [1.165, 1.54) is 38.8 Å². The Bertz CT molecular complexity index is 588. The second-order valence-electron chi connectivity index (χ2n) is 5.34. The van der Waals surface area contributed by atoms with Gasteiger partial charge in [0.05, 0.1) is 0 Å². The molecule has 1 nitrogen and oxygen atoms in total. The van der Waals surface area contributed by atoms with Gasteiger partial charge in [0.1, 0.15) is 0 Å². The predicted molar refractivity (Wildman–Crippen MR) is 89.6 cm³/mol. The molecule has 2 aromatic rings. The highest BCUT2D eigenvalue weighted by molar-refractivity contribution is 14.1. The Balaban J connectivity index is 1.68. The predicted octanol–water partition coefficient (Wildman–Crippen LogP) is 5.09. The largest absolute Gasteiger partial charge is 0.381 e. The summed E-state index contributed by atoms with van der Waals surface area (Å²) < 4.78 is 1.31. The molecule has 1 N–H and O–H groups in total. The molecule has 1 fully saturated rings. The Kier molecular flexibility index (Phi) is 3.78. The number of halogens is 1. The first-order valence-electron chi connectivity index (χ1n) is 6.81. The first-order valence-corrected chi connectivity index (χ1v) is 7.89. The molecule has 2 heteroatoms. The zero-order valence-electron chi connectivity index (χ0n) is 11.1. The van der Waals surface area contributed by atoms with Gasteiger partial charge in [-0.25, -0.2) is 0 Å². The van der Waals surface area contributed by atoms with Crippen molar-refractivity contribution < 1.29 is 0 Å². The van der Waals surface area contributed by atoms with E-state index in [-0.39, 0.29) is 0 Å². The van der Waals surface area contributed by atoms with Crippen LogP contribution in [0.3, 0.4) is 0 Å². The van der Waals surface area contributed by atoms with Gasteiger partial charge in [0, 0.05) is 15.8 Å². The molecule has 0 heterocycles. The Morgan fingerprint density at radius 1 is 1.16 bits per heavy atom. The normalized spacial score (nSPS) is 14.4. The molecule has 2 aromatic carbocycles. The molecule has 3 rings (SSSR count). The molecule has 98 valence electrons. The summed E-state index contributed by atoms with van der Waals surface area (Å²) in [5.74, 6) is 0.834. The van der Waals surface area contributed by atoms with E-state index in [2.05, 4.69) is 77.3 Å². The van der Waals surface area contributed by atoms with Crippen molar-refractivity contribution in [1.82, 2.24) is 0 Å². The SMILES string of the molecule is Cc1ccc(NCc2cccc(C3CC3)c2)cc1I. The van der Waals surface area contributed by atoms with Crippen LogP contribution in [0.25, 0.3) is 0 Å². The monoisotopic (exact) mass is 363 g/mol. The molecule has 0 aromatic heterocycles. The van der Waals surface area contributed by atoms with Crippen LogP contribution in [0.15, 0.2) is 42.5 Å². The lowest BCUT2D eigenvalue weighted by molar-refractivity contribution is 1.08. The number of rotatable bonds is 4. The minimum Gasteiger partial charge on any atom is -0.381 e. The maximum Gasteiger partial charge on any atom is 0.0400 e. The lowest BCUT2D eigenvalue weighted by Crippen LogP contribution is -2.00. The zero-order valence-corrected chi connectivity index (χ0v) is 13.3. The lowest BCUT2D eigenvalue weighted by atomic mass is 10.1. The average molecular weight is 363 g/mol. The number of nitrogens with one attached hydrogen (secondary N) is 1. The molecule has 0 amide bonds. The van der Waals surface area contributed by atoms with Crippen molar-refractivity contribution in [1.29, 1.82) is 0 Å². The highest BCUT2D eigenvalue weighted by atomic mass is 127. The second-order valence-corrected chi connectivity index (χ2v) is 6.50. The van der Waals surface area contributed by atoms with E-state index in [9.17, 15) is 0 Å². The van der Waals surface area contributed by atoms with Crippen molar-refractivity contribution in [2.45, 2.75) is 32.2 Å². The summed E-state index contributed by atoms with van der Waals surface area (Å²) >= 11 is 2.39. The number of hydrogen-bond donors (Lipinski definition) is 1. The van der Waals surface area contributed by atoms with Crippen LogP contribution < -0.4 is 5.32 Å². The molecule has 0 bridgehead atoms. The molecular formula is C17H18IN. The van der Waals surface area contributed by atoms with Crippen molar-refractivity contribution in [2.24, 2.45) is 0 Å². The van der Waals surface area contributed by atoms with E-state index in [1.54, 1.807) is 0 Å². The van der Waals surface area contributed by atoms with Gasteiger partial charge in [-0.1, -0.05) is 30.3 Å². The Morgan fingerprint density at radius 2 is 2.00 bits per heavy atom. The third-order valence-electron chi connectivity index (χ3n) is 3.67. The molecule has 0 aliphatic heterocycles. The molecule has 0 unspecified atom stereocenters. The van der Waals surface area contributed by atoms with Crippen LogP contribution in [0.4, 0.5) is 5.69 Å². The summed E-state index contributed by atoms with van der Waals surface area (Å²) in [7, 11) is 0. The van der Waals surface area contributed by atoms with Gasteiger partial charge in [0.2, 0.25) is 0 Å². The molecule has 0 radical (unpaired) electrons. The maximum atomic E-state index is 3.51. The van der Waals surface area contributed by atoms with Gasteiger partial charge < -0.3 is 5.32 Å². The number of benzene rings is 2. The van der Waals surface area contributed by atoms with Gasteiger partial charge in [-0.05, 0) is 77.1 Å². The van der Waals surface area contributed by atoms with Crippen molar-refractivity contribution in [2.75, 3.05) is 5.32 Å². The Hall–Kier alpha value is -1.03. The van der Waals surface area contributed by atoms with Crippen LogP contribution in [0.1, 0.15) is 35.4 Å². The quantitative estimate of drug-likeness (QED) is 0.747. The van der Waals surface area contributed by atoms with Gasteiger partial charge in [0.15, 0.2) is 0 Å². The number of anilines is 1. The third-order valence-corrected chi connectivity index (χ3v) is 4.83. The molecule has 1 saturated carbocycles. The van der Waals surface area contributed by atoms with E-state index in [4.69, 9.17) is 0 Å². The summed E-state index contributed by atoms with van der Waals surface area (Å²) in [5.41, 5.74) is 5.42. The van der Waals surface area contributed by atoms with E-state index in [0.29, 0.717) is 0 Å². The van der Waals surface area contributed by atoms with Crippen LogP contribution >= 0.6 is 22.6 Å². The van der Waals surface area contributed by atoms with Gasteiger partial charge >= 0.3 is 0 Å². The van der Waals surface area contributed by atoms with Crippen LogP contribution in [0.5, 0.6) is 0 Å². The fraction of sp³-hybridized carbons (Fsp3) is 0.294. The molecule has 0 spiro atoms. The molecule has 1 aliphatic carbocycles. The standard InChI is InChI=1S/C17H18IN/c1-12-5-8-16(10-17(12)18)19-11-13-3-2-4-15(9-13)14-6-7-14/h2-5,8-10,14,19H,6-7,11H2,1H3. The minimum absolute atomic E-state index is 0.834. The summed E-state index contributed by atoms with van der Waals surface area (Å²) in [6.45, 7) is 3.05. The maximum absolute atomic E-state index is 3.51. The number of aryl methyl sites for hydroxylation is 1. The van der Waals surface area contributed by atoms with Crippen molar-refractivity contribution in [3.8, 4) is 0 Å². The minimum atomic E-state index is 0.834. The molecule has 19 heavy (non-hydrogen) atoms. The summed E-state index contributed by atoms with van der Waals surface area (Å²) in [6.07, 6.45) is 2.74. The first kappa shape index (κ1) is 13.0. The van der Waals surface area contributed by atoms with Crippen LogP contribution in [0, 0.1) is 10.5 Å². The van der Waals surface area contributed by atoms with Gasteiger partial charge in [-0.3, -0.25) is 0 Å². The Morgan fingerprint density at radius 3 is 2.74 bits per heavy atom. The third kappa shape index (κ3) is 3.30. The first-order chi connectivity index (χ1) is 9.22. The van der Waals surface area contributed by atoms with Gasteiger partial charge in [-0.2, -0.15) is 0 Å². The average Bonchev–Trinajstić information content (AvgIpc) is 3.25. The second kappa shape index (κ2) is 5.53. The summed E-state index contributed by atoms with van der Waals surface area (Å²) in [4.78, 5) is 0. The van der Waals surface area contributed by atoms with E-state index < -0.39 is 0 Å². The van der Waals surface area contributed by atoms with Crippen LogP contribution in [-0.2, 0) is 6.54 Å². The smallest absolute Gasteiger partial charge is 0.0400 e. The topological polar surface area (TPSA) is 12.0 Å². The zero-order chi connectivity index (χ0) is 13.2. The highest BCUT2D eigenvalue weighted by Crippen LogP contribution is 2.40.